The number of fused-ring (bicyclic) bond motifs is 1. The van der Waals surface area contributed by atoms with Crippen molar-refractivity contribution < 1.29 is 9.21 Å². The molecule has 0 radical (unpaired) electrons. The van der Waals surface area contributed by atoms with Crippen LogP contribution in [0.3, 0.4) is 0 Å². The first-order chi connectivity index (χ1) is 10.6. The van der Waals surface area contributed by atoms with Crippen molar-refractivity contribution in [2.75, 3.05) is 5.32 Å². The number of aryl methyl sites for hydroxylation is 1. The lowest BCUT2D eigenvalue weighted by Crippen LogP contribution is -2.20. The zero-order chi connectivity index (χ0) is 15.7. The molecule has 0 fully saturated rings. The number of amides is 1. The molecule has 0 saturated carbocycles. The minimum Gasteiger partial charge on any atom is -0.422 e. The van der Waals surface area contributed by atoms with E-state index in [0.717, 1.165) is 15.4 Å². The van der Waals surface area contributed by atoms with Gasteiger partial charge in [-0.3, -0.25) is 4.79 Å². The van der Waals surface area contributed by atoms with Crippen LogP contribution in [0.4, 0.5) is 5.69 Å². The van der Waals surface area contributed by atoms with E-state index in [0.29, 0.717) is 11.3 Å². The van der Waals surface area contributed by atoms with Gasteiger partial charge in [0.2, 0.25) is 0 Å². The molecule has 1 heterocycles. The van der Waals surface area contributed by atoms with Crippen LogP contribution in [0.5, 0.6) is 0 Å². The van der Waals surface area contributed by atoms with Crippen molar-refractivity contribution in [1.29, 1.82) is 0 Å². The number of hydrogen-bond acceptors (Lipinski definition) is 3. The summed E-state index contributed by atoms with van der Waals surface area (Å²) in [6.07, 6.45) is 0. The molecule has 1 amide bonds. The smallest absolute Gasteiger partial charge is 0.349 e. The summed E-state index contributed by atoms with van der Waals surface area (Å²) in [7, 11) is 0. The van der Waals surface area contributed by atoms with Gasteiger partial charge in [0.1, 0.15) is 11.1 Å². The maximum Gasteiger partial charge on any atom is 0.349 e. The van der Waals surface area contributed by atoms with Gasteiger partial charge in [-0.25, -0.2) is 4.79 Å². The third kappa shape index (κ3) is 2.67. The number of nitrogens with one attached hydrogen (secondary N) is 1. The summed E-state index contributed by atoms with van der Waals surface area (Å²) in [4.78, 5) is 24.4. The Bertz CT molecular complexity index is 931. The molecule has 110 valence electrons. The van der Waals surface area contributed by atoms with Crippen LogP contribution in [-0.2, 0) is 0 Å². The van der Waals surface area contributed by atoms with Gasteiger partial charge < -0.3 is 9.73 Å². The number of halogens is 1. The molecule has 0 aliphatic rings. The van der Waals surface area contributed by atoms with E-state index in [4.69, 9.17) is 4.42 Å². The highest BCUT2D eigenvalue weighted by molar-refractivity contribution is 9.10. The molecule has 1 N–H and O–H groups in total. The second-order valence-corrected chi connectivity index (χ2v) is 5.73. The SMILES string of the molecule is Cc1cccc2cc(C(=O)Nc3ccccc3Br)c(=O)oc12. The summed E-state index contributed by atoms with van der Waals surface area (Å²) < 4.78 is 6.02. The number of carbonyl (C=O) groups excluding carboxylic acids is 1. The molecule has 22 heavy (non-hydrogen) atoms. The van der Waals surface area contributed by atoms with Gasteiger partial charge in [-0.15, -0.1) is 0 Å². The molecule has 5 heteroatoms. The van der Waals surface area contributed by atoms with Crippen LogP contribution in [0.15, 0.2) is 62.2 Å². The van der Waals surface area contributed by atoms with Crippen LogP contribution in [0, 0.1) is 6.92 Å². The number of benzene rings is 2. The number of rotatable bonds is 2. The van der Waals surface area contributed by atoms with E-state index < -0.39 is 11.5 Å². The predicted molar refractivity (Wildman–Crippen MR) is 89.3 cm³/mol. The minimum absolute atomic E-state index is 0.0196. The number of carbonyl (C=O) groups is 1. The molecular weight excluding hydrogens is 346 g/mol. The summed E-state index contributed by atoms with van der Waals surface area (Å²) in [5.41, 5.74) is 1.29. The molecule has 3 rings (SSSR count). The third-order valence-corrected chi connectivity index (χ3v) is 4.02. The van der Waals surface area contributed by atoms with Crippen LogP contribution in [0.1, 0.15) is 15.9 Å². The van der Waals surface area contributed by atoms with Crippen molar-refractivity contribution in [3.8, 4) is 0 Å². The molecule has 0 aliphatic carbocycles. The number of hydrogen-bond donors (Lipinski definition) is 1. The fourth-order valence-corrected chi connectivity index (χ4v) is 2.58. The summed E-state index contributed by atoms with van der Waals surface area (Å²) >= 11 is 3.35. The summed E-state index contributed by atoms with van der Waals surface area (Å²) in [5.74, 6) is -0.496. The molecule has 0 aliphatic heterocycles. The van der Waals surface area contributed by atoms with Crippen molar-refractivity contribution in [3.05, 3.63) is 74.6 Å². The molecule has 1 aromatic heterocycles. The van der Waals surface area contributed by atoms with Gasteiger partial charge >= 0.3 is 5.63 Å². The van der Waals surface area contributed by atoms with Crippen LogP contribution in [0.2, 0.25) is 0 Å². The molecule has 0 unspecified atom stereocenters. The monoisotopic (exact) mass is 357 g/mol. The maximum atomic E-state index is 12.3. The quantitative estimate of drug-likeness (QED) is 0.701. The Balaban J connectivity index is 2.03. The molecule has 0 bridgehead atoms. The molecule has 0 spiro atoms. The number of para-hydroxylation sites is 2. The Labute approximate surface area is 134 Å². The molecule has 4 nitrogen and oxygen atoms in total. The van der Waals surface area contributed by atoms with Crippen molar-refractivity contribution in [1.82, 2.24) is 0 Å². The Morgan fingerprint density at radius 2 is 1.91 bits per heavy atom. The zero-order valence-electron chi connectivity index (χ0n) is 11.7. The van der Waals surface area contributed by atoms with E-state index in [-0.39, 0.29) is 5.56 Å². The lowest BCUT2D eigenvalue weighted by Gasteiger charge is -2.07. The molecule has 2 aromatic carbocycles. The first kappa shape index (κ1) is 14.5. The van der Waals surface area contributed by atoms with E-state index in [1.54, 1.807) is 24.3 Å². The third-order valence-electron chi connectivity index (χ3n) is 3.32. The van der Waals surface area contributed by atoms with Gasteiger partial charge in [-0.1, -0.05) is 30.3 Å². The molecule has 0 saturated heterocycles. The van der Waals surface area contributed by atoms with E-state index in [2.05, 4.69) is 21.2 Å². The van der Waals surface area contributed by atoms with Gasteiger partial charge in [-0.05, 0) is 46.6 Å². The predicted octanol–water partition coefficient (Wildman–Crippen LogP) is 4.12. The highest BCUT2D eigenvalue weighted by Crippen LogP contribution is 2.22. The normalized spacial score (nSPS) is 10.6. The Kier molecular flexibility index (Phi) is 3.81. The average molecular weight is 358 g/mol. The second kappa shape index (κ2) is 5.77. The summed E-state index contributed by atoms with van der Waals surface area (Å²) in [6, 6.07) is 14.3. The lowest BCUT2D eigenvalue weighted by atomic mass is 10.1. The fraction of sp³-hybridized carbons (Fsp3) is 0.0588. The largest absolute Gasteiger partial charge is 0.422 e. The standard InChI is InChI=1S/C17H12BrNO3/c1-10-5-4-6-11-9-12(17(21)22-15(10)11)16(20)19-14-8-3-2-7-13(14)18/h2-9H,1H3,(H,19,20). The highest BCUT2D eigenvalue weighted by atomic mass is 79.9. The Morgan fingerprint density at radius 3 is 2.68 bits per heavy atom. The summed E-state index contributed by atoms with van der Waals surface area (Å²) in [6.45, 7) is 1.85. The van der Waals surface area contributed by atoms with Gasteiger partial charge in [0.05, 0.1) is 5.69 Å². The van der Waals surface area contributed by atoms with E-state index in [9.17, 15) is 9.59 Å². The zero-order valence-corrected chi connectivity index (χ0v) is 13.3. The van der Waals surface area contributed by atoms with Crippen molar-refractivity contribution in [2.24, 2.45) is 0 Å². The van der Waals surface area contributed by atoms with Crippen molar-refractivity contribution in [2.45, 2.75) is 6.92 Å². The Hall–Kier alpha value is -2.40. The van der Waals surface area contributed by atoms with Gasteiger partial charge in [0.25, 0.3) is 5.91 Å². The topological polar surface area (TPSA) is 59.3 Å². The van der Waals surface area contributed by atoms with Crippen molar-refractivity contribution in [3.63, 3.8) is 0 Å². The van der Waals surface area contributed by atoms with E-state index in [1.807, 2.05) is 31.2 Å². The van der Waals surface area contributed by atoms with Crippen LogP contribution >= 0.6 is 15.9 Å². The molecule has 0 atom stereocenters. The fourth-order valence-electron chi connectivity index (χ4n) is 2.20. The van der Waals surface area contributed by atoms with Crippen LogP contribution < -0.4 is 10.9 Å². The van der Waals surface area contributed by atoms with Crippen LogP contribution in [0.25, 0.3) is 11.0 Å². The van der Waals surface area contributed by atoms with Gasteiger partial charge in [0, 0.05) is 9.86 Å². The molecule has 3 aromatic rings. The van der Waals surface area contributed by atoms with Crippen LogP contribution in [-0.4, -0.2) is 5.91 Å². The lowest BCUT2D eigenvalue weighted by molar-refractivity contribution is 0.102. The van der Waals surface area contributed by atoms with Gasteiger partial charge in [0.15, 0.2) is 0 Å². The first-order valence-corrected chi connectivity index (χ1v) is 7.45. The first-order valence-electron chi connectivity index (χ1n) is 6.65. The highest BCUT2D eigenvalue weighted by Gasteiger charge is 2.15. The van der Waals surface area contributed by atoms with Crippen molar-refractivity contribution >= 4 is 38.5 Å². The Morgan fingerprint density at radius 1 is 1.14 bits per heavy atom. The van der Waals surface area contributed by atoms with Gasteiger partial charge in [-0.2, -0.15) is 0 Å². The second-order valence-electron chi connectivity index (χ2n) is 4.87. The number of anilines is 1. The molecular formula is C17H12BrNO3. The maximum absolute atomic E-state index is 12.3. The minimum atomic E-state index is -0.647. The van der Waals surface area contributed by atoms with E-state index in [1.165, 1.54) is 0 Å². The summed E-state index contributed by atoms with van der Waals surface area (Å²) in [5, 5.41) is 3.42. The van der Waals surface area contributed by atoms with E-state index >= 15 is 0 Å². The average Bonchev–Trinajstić information content (AvgIpc) is 2.50.